The highest BCUT2D eigenvalue weighted by Gasteiger charge is 2.57. The monoisotopic (exact) mass is 457 g/mol. The molecule has 9 heteroatoms. The van der Waals surface area contributed by atoms with Crippen molar-refractivity contribution in [2.24, 2.45) is 0 Å². The fraction of sp³-hybridized carbons (Fsp3) is 0.348. The molecule has 168 valence electrons. The molecule has 32 heavy (non-hydrogen) atoms. The number of rotatable bonds is 5. The normalized spacial score (nSPS) is 22.2. The average Bonchev–Trinajstić information content (AvgIpc) is 3.34. The smallest absolute Gasteiger partial charge is 0.410 e. The van der Waals surface area contributed by atoms with Crippen molar-refractivity contribution in [2.75, 3.05) is 33.1 Å². The van der Waals surface area contributed by atoms with Gasteiger partial charge < -0.3 is 19.7 Å². The summed E-state index contributed by atoms with van der Waals surface area (Å²) in [5, 5.41) is 3.42. The van der Waals surface area contributed by atoms with E-state index in [9.17, 15) is 14.4 Å². The summed E-state index contributed by atoms with van der Waals surface area (Å²) in [6.07, 6.45) is 0.876. The first-order valence-electron chi connectivity index (χ1n) is 10.2. The molecule has 0 saturated carbocycles. The van der Waals surface area contributed by atoms with Gasteiger partial charge >= 0.3 is 6.09 Å². The lowest BCUT2D eigenvalue weighted by Gasteiger charge is -2.41. The highest BCUT2D eigenvalue weighted by atomic mass is 35.5. The summed E-state index contributed by atoms with van der Waals surface area (Å²) < 4.78 is 11.4. The van der Waals surface area contributed by atoms with Gasteiger partial charge in [-0.1, -0.05) is 23.7 Å². The van der Waals surface area contributed by atoms with Gasteiger partial charge in [-0.25, -0.2) is 9.69 Å². The number of fused-ring (bicyclic) bond motifs is 1. The van der Waals surface area contributed by atoms with E-state index in [1.54, 1.807) is 50.5 Å². The molecule has 2 aliphatic heterocycles. The zero-order chi connectivity index (χ0) is 23.0. The number of nitrogens with one attached hydrogen (secondary N) is 1. The van der Waals surface area contributed by atoms with Crippen molar-refractivity contribution in [1.82, 2.24) is 9.80 Å². The third-order valence-corrected chi connectivity index (χ3v) is 6.17. The van der Waals surface area contributed by atoms with Gasteiger partial charge in [-0.3, -0.25) is 9.59 Å². The summed E-state index contributed by atoms with van der Waals surface area (Å²) in [7, 11) is 4.70. The summed E-state index contributed by atoms with van der Waals surface area (Å²) in [5.74, 6) is 0.0712. The van der Waals surface area contributed by atoms with Crippen molar-refractivity contribution in [3.05, 3.63) is 58.1 Å². The summed E-state index contributed by atoms with van der Waals surface area (Å²) in [6, 6.07) is 10.1. The molecule has 1 unspecified atom stereocenters. The molecule has 1 N–H and O–H groups in total. The fourth-order valence-corrected chi connectivity index (χ4v) is 4.68. The molecule has 0 aliphatic carbocycles. The van der Waals surface area contributed by atoms with Crippen LogP contribution in [0.3, 0.4) is 0 Å². The Labute approximate surface area is 191 Å². The average molecular weight is 458 g/mol. The van der Waals surface area contributed by atoms with Crippen LogP contribution in [0.25, 0.3) is 0 Å². The van der Waals surface area contributed by atoms with Crippen LogP contribution in [0.15, 0.2) is 36.4 Å². The molecule has 4 rings (SSSR count). The summed E-state index contributed by atoms with van der Waals surface area (Å²) in [6.45, 7) is 0.503. The van der Waals surface area contributed by atoms with Crippen LogP contribution >= 0.6 is 11.6 Å². The Morgan fingerprint density at radius 3 is 2.72 bits per heavy atom. The van der Waals surface area contributed by atoms with E-state index in [1.807, 2.05) is 4.90 Å². The van der Waals surface area contributed by atoms with E-state index in [1.165, 1.54) is 12.0 Å². The molecule has 2 aromatic carbocycles. The van der Waals surface area contributed by atoms with Crippen molar-refractivity contribution in [1.29, 1.82) is 0 Å². The number of anilines is 1. The summed E-state index contributed by atoms with van der Waals surface area (Å²) in [5.41, 5.74) is 0.852. The van der Waals surface area contributed by atoms with Crippen LogP contribution in [0.1, 0.15) is 34.3 Å². The van der Waals surface area contributed by atoms with Crippen LogP contribution in [0, 0.1) is 0 Å². The number of hydrogen-bond donors (Lipinski definition) is 1. The largest absolute Gasteiger partial charge is 0.496 e. The molecule has 0 spiro atoms. The molecular weight excluding hydrogens is 434 g/mol. The predicted molar refractivity (Wildman–Crippen MR) is 119 cm³/mol. The SMILES string of the molecule is COc1cc(C=O)ccc1C1(N2CCC[C@@H]2OC(=O)N(C)C)C(=O)Nc2ccc(Cl)cc21. The fourth-order valence-electron chi connectivity index (χ4n) is 4.51. The molecule has 2 amide bonds. The van der Waals surface area contributed by atoms with E-state index in [4.69, 9.17) is 21.1 Å². The predicted octanol–water partition coefficient (Wildman–Crippen LogP) is 3.48. The van der Waals surface area contributed by atoms with Crippen LogP contribution in [0.4, 0.5) is 10.5 Å². The van der Waals surface area contributed by atoms with Gasteiger partial charge in [-0.15, -0.1) is 0 Å². The van der Waals surface area contributed by atoms with Crippen molar-refractivity contribution in [3.63, 3.8) is 0 Å². The van der Waals surface area contributed by atoms with E-state index in [0.29, 0.717) is 46.1 Å². The van der Waals surface area contributed by atoms with Gasteiger partial charge in [0, 0.05) is 48.0 Å². The maximum atomic E-state index is 13.8. The second-order valence-electron chi connectivity index (χ2n) is 8.00. The minimum absolute atomic E-state index is 0.306. The highest BCUT2D eigenvalue weighted by Crippen LogP contribution is 2.51. The molecule has 0 aromatic heterocycles. The number of carbonyl (C=O) groups excluding carboxylic acids is 3. The van der Waals surface area contributed by atoms with Crippen molar-refractivity contribution in [2.45, 2.75) is 24.6 Å². The standard InChI is InChI=1S/C23H24ClN3O5/c1-26(2)22(30)32-20-5-4-10-27(20)23(16-8-6-14(13-28)11-19(16)31-3)17-12-15(24)7-9-18(17)25-21(23)29/h6-9,11-13,20H,4-5,10H2,1-3H3,(H,25,29)/t20-,23?/m0/s1. The molecule has 2 aromatic rings. The number of ether oxygens (including phenoxy) is 2. The quantitative estimate of drug-likeness (QED) is 0.691. The van der Waals surface area contributed by atoms with Crippen LogP contribution in [-0.4, -0.2) is 62.1 Å². The number of amides is 2. The number of benzene rings is 2. The van der Waals surface area contributed by atoms with Gasteiger partial charge in [0.15, 0.2) is 11.8 Å². The van der Waals surface area contributed by atoms with Crippen LogP contribution < -0.4 is 10.1 Å². The first-order valence-corrected chi connectivity index (χ1v) is 10.6. The number of halogens is 1. The van der Waals surface area contributed by atoms with Gasteiger partial charge in [0.05, 0.1) is 7.11 Å². The summed E-state index contributed by atoms with van der Waals surface area (Å²) >= 11 is 6.35. The molecule has 8 nitrogen and oxygen atoms in total. The molecule has 2 heterocycles. The number of methoxy groups -OCH3 is 1. The molecule has 1 fully saturated rings. The lowest BCUT2D eigenvalue weighted by Crippen LogP contribution is -2.55. The Bertz CT molecular complexity index is 1090. The first kappa shape index (κ1) is 22.1. The number of carbonyl (C=O) groups is 3. The van der Waals surface area contributed by atoms with E-state index in [0.717, 1.165) is 12.7 Å². The zero-order valence-corrected chi connectivity index (χ0v) is 18.8. The molecule has 1 saturated heterocycles. The first-order chi connectivity index (χ1) is 15.3. The van der Waals surface area contributed by atoms with Crippen molar-refractivity contribution >= 4 is 35.6 Å². The minimum Gasteiger partial charge on any atom is -0.496 e. The van der Waals surface area contributed by atoms with E-state index in [2.05, 4.69) is 5.32 Å². The van der Waals surface area contributed by atoms with Crippen LogP contribution in [-0.2, 0) is 15.1 Å². The van der Waals surface area contributed by atoms with Gasteiger partial charge in [0.1, 0.15) is 12.0 Å². The van der Waals surface area contributed by atoms with Crippen molar-refractivity contribution < 1.29 is 23.9 Å². The maximum absolute atomic E-state index is 13.8. The number of likely N-dealkylation sites (tertiary alicyclic amines) is 1. The third-order valence-electron chi connectivity index (χ3n) is 5.93. The van der Waals surface area contributed by atoms with Gasteiger partial charge in [0.2, 0.25) is 0 Å². The second kappa shape index (κ2) is 8.44. The Kier molecular flexibility index (Phi) is 5.83. The Balaban J connectivity index is 1.96. The maximum Gasteiger partial charge on any atom is 0.410 e. The summed E-state index contributed by atoms with van der Waals surface area (Å²) in [4.78, 5) is 40.7. The highest BCUT2D eigenvalue weighted by molar-refractivity contribution is 6.31. The van der Waals surface area contributed by atoms with Gasteiger partial charge in [-0.05, 0) is 37.1 Å². The lowest BCUT2D eigenvalue weighted by molar-refractivity contribution is -0.131. The zero-order valence-electron chi connectivity index (χ0n) is 18.1. The minimum atomic E-state index is -1.36. The lowest BCUT2D eigenvalue weighted by atomic mass is 9.81. The number of hydrogen-bond acceptors (Lipinski definition) is 6. The van der Waals surface area contributed by atoms with E-state index in [-0.39, 0.29) is 5.91 Å². The van der Waals surface area contributed by atoms with E-state index >= 15 is 0 Å². The molecular formula is C23H24ClN3O5. The van der Waals surface area contributed by atoms with Crippen LogP contribution in [0.2, 0.25) is 5.02 Å². The Hall–Kier alpha value is -3.10. The number of aldehydes is 1. The van der Waals surface area contributed by atoms with Crippen molar-refractivity contribution in [3.8, 4) is 5.75 Å². The third kappa shape index (κ3) is 3.40. The number of nitrogens with zero attached hydrogens (tertiary/aromatic N) is 2. The Morgan fingerprint density at radius 1 is 1.25 bits per heavy atom. The van der Waals surface area contributed by atoms with Gasteiger partial charge in [0.25, 0.3) is 5.91 Å². The van der Waals surface area contributed by atoms with E-state index < -0.39 is 17.9 Å². The van der Waals surface area contributed by atoms with Gasteiger partial charge in [-0.2, -0.15) is 0 Å². The van der Waals surface area contributed by atoms with Crippen LogP contribution in [0.5, 0.6) is 5.75 Å². The molecule has 0 bridgehead atoms. The second-order valence-corrected chi connectivity index (χ2v) is 8.44. The topological polar surface area (TPSA) is 88.2 Å². The molecule has 2 atom stereocenters. The molecule has 0 radical (unpaired) electrons. The molecule has 2 aliphatic rings. The Morgan fingerprint density at radius 2 is 2.03 bits per heavy atom.